The average Bonchev–Trinajstić information content (AvgIpc) is 0.787. The molecule has 0 saturated carbocycles. The molecule has 0 aromatic carbocycles. The van der Waals surface area contributed by atoms with E-state index in [4.69, 9.17) is 28.4 Å². The van der Waals surface area contributed by atoms with Crippen LogP contribution in [0.3, 0.4) is 0 Å². The van der Waals surface area contributed by atoms with Gasteiger partial charge in [0.2, 0.25) is 5.91 Å². The molecule has 3 aliphatic rings. The summed E-state index contributed by atoms with van der Waals surface area (Å²) >= 11 is 0. The Hall–Kier alpha value is -1.99. The monoisotopic (exact) mass is 1360 g/mol. The highest BCUT2D eigenvalue weighted by atomic mass is 16.8. The summed E-state index contributed by atoms with van der Waals surface area (Å²) in [6.07, 6.45) is 42.8. The summed E-state index contributed by atoms with van der Waals surface area (Å²) in [6.45, 7) is 1.75. The van der Waals surface area contributed by atoms with Crippen molar-refractivity contribution < 1.29 is 89.4 Å². The molecule has 0 radical (unpaired) electrons. The van der Waals surface area contributed by atoms with E-state index in [1.165, 1.54) is 231 Å². The van der Waals surface area contributed by atoms with Crippen LogP contribution in [0.2, 0.25) is 0 Å². The van der Waals surface area contributed by atoms with Gasteiger partial charge in [-0.3, -0.25) is 4.79 Å². The van der Waals surface area contributed by atoms with E-state index >= 15 is 0 Å². The van der Waals surface area contributed by atoms with Crippen LogP contribution < -0.4 is 5.32 Å². The van der Waals surface area contributed by atoms with E-state index < -0.39 is 124 Å². The number of ether oxygens (including phenoxy) is 6. The normalized spacial score (nSPS) is 27.4. The van der Waals surface area contributed by atoms with E-state index in [2.05, 4.69) is 43.5 Å². The average molecular weight is 1360 g/mol. The fourth-order valence-electron chi connectivity index (χ4n) is 13.2. The zero-order valence-electron chi connectivity index (χ0n) is 59.4. The largest absolute Gasteiger partial charge is 0.394 e. The minimum atomic E-state index is -1.98. The molecule has 3 fully saturated rings. The Balaban J connectivity index is 1.40. The number of rotatable bonds is 61. The first-order valence-electron chi connectivity index (χ1n) is 38.7. The highest BCUT2D eigenvalue weighted by Gasteiger charge is 2.53. The Labute approximate surface area is 574 Å². The van der Waals surface area contributed by atoms with Gasteiger partial charge in [0.05, 0.1) is 38.6 Å². The van der Waals surface area contributed by atoms with E-state index in [-0.39, 0.29) is 18.9 Å². The molecule has 558 valence electrons. The van der Waals surface area contributed by atoms with Crippen molar-refractivity contribution >= 4 is 5.91 Å². The summed E-state index contributed by atoms with van der Waals surface area (Å²) in [7, 11) is 0. The number of unbranched alkanes of at least 4 members (excludes halogenated alkanes) is 41. The zero-order chi connectivity index (χ0) is 68.9. The summed E-state index contributed by atoms with van der Waals surface area (Å²) in [6, 6.07) is -0.995. The van der Waals surface area contributed by atoms with Gasteiger partial charge in [0, 0.05) is 6.42 Å². The van der Waals surface area contributed by atoms with Crippen LogP contribution >= 0.6 is 0 Å². The molecule has 0 spiro atoms. The first-order valence-corrected chi connectivity index (χ1v) is 38.7. The van der Waals surface area contributed by atoms with Gasteiger partial charge in [0.1, 0.15) is 73.2 Å². The highest BCUT2D eigenvalue weighted by molar-refractivity contribution is 5.76. The number of hydrogen-bond acceptors (Lipinski definition) is 18. The zero-order valence-corrected chi connectivity index (χ0v) is 59.4. The van der Waals surface area contributed by atoms with Gasteiger partial charge >= 0.3 is 0 Å². The maximum Gasteiger partial charge on any atom is 0.220 e. The molecule has 19 heteroatoms. The highest BCUT2D eigenvalue weighted by Crippen LogP contribution is 2.33. The van der Waals surface area contributed by atoms with E-state index in [1.807, 2.05) is 6.08 Å². The van der Waals surface area contributed by atoms with E-state index in [1.54, 1.807) is 6.08 Å². The van der Waals surface area contributed by atoms with E-state index in [9.17, 15) is 61.0 Å². The third-order valence-corrected chi connectivity index (χ3v) is 19.4. The summed E-state index contributed by atoms with van der Waals surface area (Å²) in [5.41, 5.74) is 0. The van der Waals surface area contributed by atoms with Crippen molar-refractivity contribution in [3.8, 4) is 0 Å². The summed E-state index contributed by atoms with van der Waals surface area (Å²) < 4.78 is 34.4. The second kappa shape index (κ2) is 57.6. The molecule has 0 aliphatic carbocycles. The Bertz CT molecular complexity index is 1860. The lowest BCUT2D eigenvalue weighted by Gasteiger charge is -2.48. The Morgan fingerprint density at radius 1 is 0.368 bits per heavy atom. The SMILES string of the molecule is CCCCCCCCCCCCCC/C=C/CC/C=C/CC/C=C/C(O)C(COC1OC(CO)C(OC2OC(CO)C(OC3OC(CO)C(O)C(O)C3O)C(O)C2O)C(O)C1O)NC(=O)CCCCCCCCCCCCCCCCCCCCCCCCCCCCCC. The van der Waals surface area contributed by atoms with Gasteiger partial charge in [-0.2, -0.15) is 0 Å². The molecule has 0 bridgehead atoms. The molecule has 3 rings (SSSR count). The van der Waals surface area contributed by atoms with Gasteiger partial charge in [-0.05, 0) is 44.9 Å². The quantitative estimate of drug-likeness (QED) is 0.0199. The van der Waals surface area contributed by atoms with E-state index in [0.717, 1.165) is 44.9 Å². The van der Waals surface area contributed by atoms with Crippen LogP contribution in [0.15, 0.2) is 36.5 Å². The van der Waals surface area contributed by atoms with Crippen LogP contribution in [0.4, 0.5) is 0 Å². The summed E-state index contributed by atoms with van der Waals surface area (Å²) in [5.74, 6) is -0.283. The van der Waals surface area contributed by atoms with Crippen LogP contribution in [0.5, 0.6) is 0 Å². The molecule has 3 aliphatic heterocycles. The Morgan fingerprint density at radius 3 is 1.05 bits per heavy atom. The van der Waals surface area contributed by atoms with Crippen molar-refractivity contribution in [2.45, 2.75) is 413 Å². The number of nitrogens with one attached hydrogen (secondary N) is 1. The van der Waals surface area contributed by atoms with Gasteiger partial charge in [0.15, 0.2) is 18.9 Å². The summed E-state index contributed by atoms with van der Waals surface area (Å²) in [5, 5.41) is 121. The van der Waals surface area contributed by atoms with Crippen molar-refractivity contribution in [2.75, 3.05) is 26.4 Å². The fourth-order valence-corrected chi connectivity index (χ4v) is 13.2. The molecule has 19 nitrogen and oxygen atoms in total. The van der Waals surface area contributed by atoms with E-state index in [0.29, 0.717) is 12.8 Å². The predicted octanol–water partition coefficient (Wildman–Crippen LogP) is 11.9. The minimum absolute atomic E-state index is 0.236. The third kappa shape index (κ3) is 38.6. The Kier molecular flexibility index (Phi) is 52.9. The van der Waals surface area contributed by atoms with Gasteiger partial charge in [0.25, 0.3) is 0 Å². The fraction of sp³-hybridized carbons (Fsp3) is 0.908. The van der Waals surface area contributed by atoms with Crippen LogP contribution in [0.1, 0.15) is 309 Å². The molecular weight excluding hydrogens is 1210 g/mol. The molecule has 3 heterocycles. The second-order valence-electron chi connectivity index (χ2n) is 27.8. The lowest BCUT2D eigenvalue weighted by atomic mass is 9.96. The summed E-state index contributed by atoms with van der Waals surface area (Å²) in [4.78, 5) is 13.4. The molecule has 1 amide bonds. The smallest absolute Gasteiger partial charge is 0.220 e. The minimum Gasteiger partial charge on any atom is -0.394 e. The number of aliphatic hydroxyl groups is 11. The van der Waals surface area contributed by atoms with Crippen LogP contribution in [-0.4, -0.2) is 193 Å². The van der Waals surface area contributed by atoms with Crippen LogP contribution in [-0.2, 0) is 33.2 Å². The number of carbonyl (C=O) groups excluding carboxylic acids is 1. The van der Waals surface area contributed by atoms with Gasteiger partial charge in [-0.1, -0.05) is 294 Å². The molecule has 17 atom stereocenters. The lowest BCUT2D eigenvalue weighted by Crippen LogP contribution is -2.66. The molecule has 3 saturated heterocycles. The maximum absolute atomic E-state index is 13.4. The molecule has 0 aromatic rings. The molecule has 12 N–H and O–H groups in total. The van der Waals surface area contributed by atoms with Gasteiger partial charge < -0.3 is 89.9 Å². The van der Waals surface area contributed by atoms with Crippen molar-refractivity contribution in [1.82, 2.24) is 5.32 Å². The Morgan fingerprint density at radius 2 is 0.674 bits per heavy atom. The lowest BCUT2D eigenvalue weighted by molar-refractivity contribution is -0.379. The van der Waals surface area contributed by atoms with Crippen molar-refractivity contribution in [3.63, 3.8) is 0 Å². The molecule has 0 aromatic heterocycles. The van der Waals surface area contributed by atoms with Crippen LogP contribution in [0, 0.1) is 0 Å². The van der Waals surface area contributed by atoms with Gasteiger partial charge in [-0.25, -0.2) is 0 Å². The van der Waals surface area contributed by atoms with Crippen molar-refractivity contribution in [3.05, 3.63) is 36.5 Å². The first kappa shape index (κ1) is 87.2. The predicted molar refractivity (Wildman–Crippen MR) is 374 cm³/mol. The number of amides is 1. The van der Waals surface area contributed by atoms with Crippen molar-refractivity contribution in [1.29, 1.82) is 0 Å². The molecule has 95 heavy (non-hydrogen) atoms. The number of allylic oxidation sites excluding steroid dienone is 5. The maximum atomic E-state index is 13.4. The van der Waals surface area contributed by atoms with Gasteiger partial charge in [-0.15, -0.1) is 0 Å². The number of aliphatic hydroxyl groups excluding tert-OH is 11. The van der Waals surface area contributed by atoms with Crippen LogP contribution in [0.25, 0.3) is 0 Å². The number of hydrogen-bond donors (Lipinski definition) is 12. The number of carbonyl (C=O) groups is 1. The second-order valence-corrected chi connectivity index (χ2v) is 27.8. The topological polar surface area (TPSA) is 307 Å². The first-order chi connectivity index (χ1) is 46.3. The molecule has 17 unspecified atom stereocenters. The molecular formula is C76H141NO18. The standard InChI is InChI=1S/C76H141NO18/c1-3-5-7-9-11-13-15-17-19-21-23-25-27-28-29-30-31-32-34-36-38-40-42-44-46-48-50-52-54-64(82)77-59(60(81)53-51-49-47-45-43-41-39-37-35-33-26-24-22-20-18-16-14-12-10-8-6-4-2)58-90-74-70(88)67(85)72(62(56-79)92-74)95-76-71(89)68(86)73(63(57-80)93-76)94-75-69(87)66(84)65(83)61(55-78)91-75/h35,37,43,45,51,53,59-63,65-76,78-81,83-89H,3-34,36,38-42,44,46-50,52,54-58H2,1-2H3,(H,77,82)/b37-35+,45-43+,53-51+. The third-order valence-electron chi connectivity index (χ3n) is 19.4. The van der Waals surface area contributed by atoms with Crippen molar-refractivity contribution in [2.24, 2.45) is 0 Å².